The molecule has 0 aliphatic heterocycles. The molecule has 4 rings (SSSR count). The Morgan fingerprint density at radius 1 is 0.564 bits per heavy atom. The number of ether oxygens (including phenoxy) is 3. The van der Waals surface area contributed by atoms with Crippen LogP contribution in [0.3, 0.4) is 0 Å². The summed E-state index contributed by atoms with van der Waals surface area (Å²) in [5.74, 6) is 1.50. The van der Waals surface area contributed by atoms with Gasteiger partial charge in [0.2, 0.25) is 0 Å². The van der Waals surface area contributed by atoms with Gasteiger partial charge in [-0.2, -0.15) is 21.6 Å². The molecule has 0 aromatic heterocycles. The van der Waals surface area contributed by atoms with Crippen LogP contribution < -0.4 is 14.2 Å². The number of hydrogen-bond donors (Lipinski definition) is 0. The van der Waals surface area contributed by atoms with E-state index < -0.39 is 37.1 Å². The number of rotatable bonds is 9. The lowest BCUT2D eigenvalue weighted by Gasteiger charge is -2.39. The first-order valence-corrected chi connectivity index (χ1v) is 14.4. The van der Waals surface area contributed by atoms with Crippen molar-refractivity contribution in [2.24, 2.45) is 0 Å². The van der Waals surface area contributed by atoms with E-state index in [4.69, 9.17) is 17.8 Å². The standard InChI is InChI=1S/C28H25F3O6S2/c1-34-20-8-14-23(15-9-20)38(24-16-10-21(35-2)11-17-24,25-18-12-22(36-3)13-19-25)37-39(32,33)27-7-5-4-6-26(27)28(29,30)31/h4-19H,1-3H3. The van der Waals surface area contributed by atoms with E-state index in [9.17, 15) is 21.6 Å². The van der Waals surface area contributed by atoms with E-state index in [-0.39, 0.29) is 0 Å². The van der Waals surface area contributed by atoms with Crippen LogP contribution >= 0.6 is 10.3 Å². The molecule has 206 valence electrons. The zero-order valence-electron chi connectivity index (χ0n) is 21.1. The topological polar surface area (TPSA) is 71.1 Å². The Balaban J connectivity index is 2.05. The predicted molar refractivity (Wildman–Crippen MR) is 141 cm³/mol. The summed E-state index contributed by atoms with van der Waals surface area (Å²) in [4.78, 5) is 0.245. The first-order chi connectivity index (χ1) is 18.5. The molecule has 4 aromatic rings. The van der Waals surface area contributed by atoms with Crippen molar-refractivity contribution < 1.29 is 39.4 Å². The van der Waals surface area contributed by atoms with Crippen molar-refractivity contribution in [1.82, 2.24) is 0 Å². The zero-order valence-corrected chi connectivity index (χ0v) is 22.8. The lowest BCUT2D eigenvalue weighted by molar-refractivity contribution is -0.139. The summed E-state index contributed by atoms with van der Waals surface area (Å²) < 4.78 is 91.2. The Kier molecular flexibility index (Phi) is 8.15. The Morgan fingerprint density at radius 2 is 0.923 bits per heavy atom. The van der Waals surface area contributed by atoms with Crippen LogP contribution in [0.5, 0.6) is 17.2 Å². The van der Waals surface area contributed by atoms with Crippen LogP contribution in [0, 0.1) is 0 Å². The summed E-state index contributed by atoms with van der Waals surface area (Å²) in [6, 6.07) is 23.5. The molecule has 0 fully saturated rings. The molecule has 0 aliphatic rings. The van der Waals surface area contributed by atoms with Crippen LogP contribution in [0.1, 0.15) is 5.56 Å². The minimum Gasteiger partial charge on any atom is -0.497 e. The van der Waals surface area contributed by atoms with Gasteiger partial charge in [0.25, 0.3) is 0 Å². The lowest BCUT2D eigenvalue weighted by atomic mass is 10.2. The number of alkyl halides is 3. The van der Waals surface area contributed by atoms with Gasteiger partial charge in [0.1, 0.15) is 22.1 Å². The zero-order chi connectivity index (χ0) is 28.3. The van der Waals surface area contributed by atoms with Crippen molar-refractivity contribution in [3.05, 3.63) is 103 Å². The highest BCUT2D eigenvalue weighted by Gasteiger charge is 2.42. The third-order valence-electron chi connectivity index (χ3n) is 5.83. The predicted octanol–water partition coefficient (Wildman–Crippen LogP) is 7.33. The smallest absolute Gasteiger partial charge is 0.417 e. The van der Waals surface area contributed by atoms with Crippen molar-refractivity contribution >= 4 is 20.4 Å². The second kappa shape index (κ2) is 11.2. The van der Waals surface area contributed by atoms with Gasteiger partial charge >= 0.3 is 16.3 Å². The molecule has 4 aromatic carbocycles. The van der Waals surface area contributed by atoms with Gasteiger partial charge in [0.15, 0.2) is 0 Å². The summed E-state index contributed by atoms with van der Waals surface area (Å²) in [5, 5.41) is 0. The van der Waals surface area contributed by atoms with E-state index in [0.717, 1.165) is 12.1 Å². The van der Waals surface area contributed by atoms with Gasteiger partial charge in [-0.1, -0.05) is 12.1 Å². The Morgan fingerprint density at radius 3 is 1.26 bits per heavy atom. The summed E-state index contributed by atoms with van der Waals surface area (Å²) in [7, 11) is -3.75. The molecule has 0 unspecified atom stereocenters. The van der Waals surface area contributed by atoms with Crippen molar-refractivity contribution in [2.45, 2.75) is 25.8 Å². The average Bonchev–Trinajstić information content (AvgIpc) is 2.96. The van der Waals surface area contributed by atoms with E-state index in [1.54, 1.807) is 72.8 Å². The van der Waals surface area contributed by atoms with Crippen LogP contribution in [-0.4, -0.2) is 29.7 Å². The Hall–Kier alpha value is -3.67. The minimum atomic E-state index is -5.00. The monoisotopic (exact) mass is 578 g/mol. The maximum absolute atomic E-state index is 13.9. The molecule has 0 radical (unpaired) electrons. The van der Waals surface area contributed by atoms with E-state index in [1.807, 2.05) is 0 Å². The molecule has 0 saturated carbocycles. The molecule has 0 amide bonds. The maximum Gasteiger partial charge on any atom is 0.417 e. The normalized spacial score (nSPS) is 12.6. The SMILES string of the molecule is COc1ccc(S(OS(=O)(=O)c2ccccc2C(F)(F)F)(c2ccc(OC)cc2)c2ccc(OC)cc2)cc1. The highest BCUT2D eigenvalue weighted by molar-refractivity contribution is 8.33. The average molecular weight is 579 g/mol. The van der Waals surface area contributed by atoms with Gasteiger partial charge in [-0.05, 0) is 95.2 Å². The largest absolute Gasteiger partial charge is 0.497 e. The molecule has 0 N–H and O–H groups in total. The van der Waals surface area contributed by atoms with Gasteiger partial charge in [-0.25, -0.2) is 3.63 Å². The summed E-state index contributed by atoms with van der Waals surface area (Å²) in [5.41, 5.74) is -1.32. The maximum atomic E-state index is 13.9. The minimum absolute atomic E-state index is 0.409. The third kappa shape index (κ3) is 5.70. The summed E-state index contributed by atoms with van der Waals surface area (Å²) in [6.07, 6.45) is -4.93. The van der Waals surface area contributed by atoms with Crippen LogP contribution in [0.2, 0.25) is 0 Å². The third-order valence-corrected chi connectivity index (χ3v) is 11.1. The van der Waals surface area contributed by atoms with E-state index in [2.05, 4.69) is 0 Å². The molecular formula is C28H25F3O6S2. The molecule has 0 bridgehead atoms. The summed E-state index contributed by atoms with van der Waals surface area (Å²) in [6.45, 7) is 0. The fourth-order valence-corrected chi connectivity index (χ4v) is 9.30. The van der Waals surface area contributed by atoms with E-state index in [1.165, 1.54) is 27.4 Å². The van der Waals surface area contributed by atoms with Crippen LogP contribution in [0.15, 0.2) is 117 Å². The fourth-order valence-electron chi connectivity index (χ4n) is 3.92. The van der Waals surface area contributed by atoms with Crippen molar-refractivity contribution in [3.63, 3.8) is 0 Å². The van der Waals surface area contributed by atoms with E-state index >= 15 is 0 Å². The number of benzene rings is 4. The van der Waals surface area contributed by atoms with Crippen molar-refractivity contribution in [1.29, 1.82) is 0 Å². The van der Waals surface area contributed by atoms with Crippen LogP contribution in [0.25, 0.3) is 0 Å². The van der Waals surface area contributed by atoms with Gasteiger partial charge in [-0.3, -0.25) is 0 Å². The molecule has 6 nitrogen and oxygen atoms in total. The van der Waals surface area contributed by atoms with Crippen molar-refractivity contribution in [2.75, 3.05) is 21.3 Å². The quantitative estimate of drug-likeness (QED) is 0.207. The number of hydrogen-bond acceptors (Lipinski definition) is 6. The Bertz CT molecular complexity index is 1400. The van der Waals surface area contributed by atoms with Crippen molar-refractivity contribution in [3.8, 4) is 17.2 Å². The van der Waals surface area contributed by atoms with Gasteiger partial charge in [-0.15, -0.1) is 0 Å². The van der Waals surface area contributed by atoms with Gasteiger partial charge in [0, 0.05) is 14.7 Å². The lowest BCUT2D eigenvalue weighted by Crippen LogP contribution is -2.18. The second-order valence-corrected chi connectivity index (χ2v) is 12.5. The highest BCUT2D eigenvalue weighted by atomic mass is 32.3. The van der Waals surface area contributed by atoms with Crippen LogP contribution in [-0.2, 0) is 19.9 Å². The Labute approximate surface area is 226 Å². The molecule has 11 heteroatoms. The van der Waals surface area contributed by atoms with Gasteiger partial charge < -0.3 is 14.2 Å². The molecule has 0 spiro atoms. The van der Waals surface area contributed by atoms with E-state index in [0.29, 0.717) is 38.0 Å². The highest BCUT2D eigenvalue weighted by Crippen LogP contribution is 2.70. The molecule has 0 atom stereocenters. The molecular weight excluding hydrogens is 553 g/mol. The first-order valence-electron chi connectivity index (χ1n) is 11.4. The second-order valence-electron chi connectivity index (χ2n) is 8.10. The molecule has 0 saturated heterocycles. The van der Waals surface area contributed by atoms with Gasteiger partial charge in [0.05, 0.1) is 26.9 Å². The molecule has 39 heavy (non-hydrogen) atoms. The number of halogens is 3. The fraction of sp³-hybridized carbons (Fsp3) is 0.143. The first kappa shape index (κ1) is 28.3. The van der Waals surface area contributed by atoms with Crippen LogP contribution in [0.4, 0.5) is 13.2 Å². The number of methoxy groups -OCH3 is 3. The molecule has 0 aliphatic carbocycles. The molecule has 0 heterocycles. The summed E-state index contributed by atoms with van der Waals surface area (Å²) >= 11 is 0.